The summed E-state index contributed by atoms with van der Waals surface area (Å²) in [6.07, 6.45) is -0.0760. The molecule has 0 aromatic carbocycles. The van der Waals surface area contributed by atoms with Crippen LogP contribution in [0.4, 0.5) is 8.78 Å². The van der Waals surface area contributed by atoms with Crippen LogP contribution in [0.3, 0.4) is 0 Å². The van der Waals surface area contributed by atoms with E-state index in [-0.39, 0.29) is 13.0 Å². The molecular weight excluding hydrogens is 280 g/mol. The summed E-state index contributed by atoms with van der Waals surface area (Å²) in [5, 5.41) is 14.4. The number of carbonyl (C=O) groups is 2. The van der Waals surface area contributed by atoms with Crippen LogP contribution in [-0.4, -0.2) is 35.7 Å². The number of hydrogen-bond acceptors (Lipinski definition) is 9. The first-order valence-electron chi connectivity index (χ1n) is 4.17. The van der Waals surface area contributed by atoms with Crippen molar-refractivity contribution >= 4 is 24.0 Å². The molecule has 0 aromatic rings. The molecule has 102 valence electrons. The summed E-state index contributed by atoms with van der Waals surface area (Å²) in [5.41, 5.74) is 0. The van der Waals surface area contributed by atoms with Crippen LogP contribution in [0.2, 0.25) is 0 Å². The monoisotopic (exact) mass is 287 g/mol. The number of nitrogens with zero attached hydrogens (tertiary/aromatic N) is 1. The highest BCUT2D eigenvalue weighted by molar-refractivity contribution is 7.96. The van der Waals surface area contributed by atoms with Gasteiger partial charge in [-0.05, 0) is 0 Å². The van der Waals surface area contributed by atoms with Crippen molar-refractivity contribution in [2.75, 3.05) is 13.2 Å². The Morgan fingerprint density at radius 2 is 2.06 bits per heavy atom. The molecule has 1 N–H and O–H groups in total. The molecule has 0 rings (SSSR count). The highest BCUT2D eigenvalue weighted by Gasteiger charge is 2.44. The van der Waals surface area contributed by atoms with Crippen LogP contribution < -0.4 is 0 Å². The largest absolute Gasteiger partial charge is 0.462 e. The van der Waals surface area contributed by atoms with Crippen molar-refractivity contribution in [1.29, 1.82) is 5.26 Å². The van der Waals surface area contributed by atoms with Crippen LogP contribution in [0.25, 0.3) is 0 Å². The molecular formula is C7H7F2NO7S. The van der Waals surface area contributed by atoms with Gasteiger partial charge in [0.25, 0.3) is 0 Å². The van der Waals surface area contributed by atoms with E-state index in [1.54, 1.807) is 6.07 Å². The molecule has 0 heterocycles. The Labute approximate surface area is 103 Å². The number of halogens is 2. The van der Waals surface area contributed by atoms with E-state index in [9.17, 15) is 18.4 Å². The third-order valence-electron chi connectivity index (χ3n) is 1.20. The number of esters is 2. The third kappa shape index (κ3) is 6.97. The zero-order valence-electron chi connectivity index (χ0n) is 8.63. The number of rotatable bonds is 8. The van der Waals surface area contributed by atoms with Crippen molar-refractivity contribution in [3.63, 3.8) is 0 Å². The topological polar surface area (TPSA) is 115 Å². The third-order valence-corrected chi connectivity index (χ3v) is 1.71. The second kappa shape index (κ2) is 8.59. The maximum Gasteiger partial charge on any atom is 0.415 e. The molecule has 11 heteroatoms. The molecule has 0 fully saturated rings. The van der Waals surface area contributed by atoms with Crippen molar-refractivity contribution in [2.45, 2.75) is 11.7 Å². The molecule has 0 bridgehead atoms. The molecule has 8 nitrogen and oxygen atoms in total. The first kappa shape index (κ1) is 16.5. The van der Waals surface area contributed by atoms with E-state index in [0.29, 0.717) is 0 Å². The second-order valence-corrected chi connectivity index (χ2v) is 3.26. The van der Waals surface area contributed by atoms with Gasteiger partial charge in [-0.3, -0.25) is 0 Å². The van der Waals surface area contributed by atoms with E-state index in [1.165, 1.54) is 0 Å². The average Bonchev–Trinajstić information content (AvgIpc) is 2.33. The van der Waals surface area contributed by atoms with Crippen molar-refractivity contribution < 1.29 is 42.5 Å². The average molecular weight is 287 g/mol. The Morgan fingerprint density at radius 3 is 2.61 bits per heavy atom. The molecule has 0 atom stereocenters. The molecule has 0 amide bonds. The van der Waals surface area contributed by atoms with Crippen LogP contribution in [0.1, 0.15) is 6.42 Å². The molecule has 0 saturated carbocycles. The molecule has 0 radical (unpaired) electrons. The summed E-state index contributed by atoms with van der Waals surface area (Å²) >= 11 is -0.815. The molecule has 0 saturated heterocycles. The van der Waals surface area contributed by atoms with Crippen molar-refractivity contribution in [1.82, 2.24) is 0 Å². The standard InChI is InChI=1S/C7H7F2NO7S/c8-7(9,18-17-16-13)6(12)15-4-5(11)14-3-1-2-10/h13H,1,3-4H2. The number of carbonyl (C=O) groups excluding carboxylic acids is 2. The molecule has 0 spiro atoms. The normalized spacial score (nSPS) is 10.6. The lowest BCUT2D eigenvalue weighted by Crippen LogP contribution is -2.30. The first-order chi connectivity index (χ1) is 8.44. The van der Waals surface area contributed by atoms with Gasteiger partial charge in [0, 0.05) is 0 Å². The molecule has 0 unspecified atom stereocenters. The van der Waals surface area contributed by atoms with Crippen LogP contribution in [0.5, 0.6) is 0 Å². The molecule has 0 aliphatic heterocycles. The summed E-state index contributed by atoms with van der Waals surface area (Å²) < 4.78 is 37.1. The number of alkyl halides is 2. The lowest BCUT2D eigenvalue weighted by Gasteiger charge is -2.11. The van der Waals surface area contributed by atoms with Crippen LogP contribution >= 0.6 is 12.0 Å². The first-order valence-corrected chi connectivity index (χ1v) is 4.91. The second-order valence-electron chi connectivity index (χ2n) is 2.45. The fourth-order valence-corrected chi connectivity index (χ4v) is 0.795. The number of hydrogen-bond donors (Lipinski definition) is 1. The minimum absolute atomic E-state index is 0.0760. The van der Waals surface area contributed by atoms with Gasteiger partial charge >= 0.3 is 17.2 Å². The van der Waals surface area contributed by atoms with Gasteiger partial charge in [-0.1, -0.05) is 5.04 Å². The van der Waals surface area contributed by atoms with Gasteiger partial charge in [0.2, 0.25) is 0 Å². The van der Waals surface area contributed by atoms with Gasteiger partial charge in [-0.15, -0.1) is 4.33 Å². The predicted octanol–water partition coefficient (Wildman–Crippen LogP) is 0.649. The molecule has 18 heavy (non-hydrogen) atoms. The Morgan fingerprint density at radius 1 is 1.39 bits per heavy atom. The quantitative estimate of drug-likeness (QED) is 0.226. The van der Waals surface area contributed by atoms with E-state index < -0.39 is 35.8 Å². The molecule has 0 aliphatic carbocycles. The smallest absolute Gasteiger partial charge is 0.415 e. The fourth-order valence-electron chi connectivity index (χ4n) is 0.553. The highest BCUT2D eigenvalue weighted by Crippen LogP contribution is 2.31. The van der Waals surface area contributed by atoms with Gasteiger partial charge in [0.05, 0.1) is 12.5 Å². The van der Waals surface area contributed by atoms with E-state index in [2.05, 4.69) is 18.8 Å². The number of nitriles is 1. The van der Waals surface area contributed by atoms with E-state index in [0.717, 1.165) is 0 Å². The zero-order chi connectivity index (χ0) is 14.0. The summed E-state index contributed by atoms with van der Waals surface area (Å²) in [4.78, 5) is 21.5. The van der Waals surface area contributed by atoms with Crippen molar-refractivity contribution in [3.05, 3.63) is 0 Å². The summed E-state index contributed by atoms with van der Waals surface area (Å²) in [7, 11) is 0. The maximum atomic E-state index is 12.7. The summed E-state index contributed by atoms with van der Waals surface area (Å²) in [5.74, 6) is -3.17. The Balaban J connectivity index is 3.94. The minimum Gasteiger partial charge on any atom is -0.462 e. The fraction of sp³-hybridized carbons (Fsp3) is 0.571. The Kier molecular flexibility index (Phi) is 7.88. The SMILES string of the molecule is N#CCCOC(=O)COC(=O)C(F)(F)SOOO. The molecule has 0 aliphatic rings. The minimum atomic E-state index is -4.17. The van der Waals surface area contributed by atoms with E-state index >= 15 is 0 Å². The van der Waals surface area contributed by atoms with Crippen molar-refractivity contribution in [2.24, 2.45) is 0 Å². The lowest BCUT2D eigenvalue weighted by molar-refractivity contribution is -0.433. The van der Waals surface area contributed by atoms with Gasteiger partial charge in [-0.25, -0.2) is 14.8 Å². The van der Waals surface area contributed by atoms with Gasteiger partial charge in [0.1, 0.15) is 18.6 Å². The lowest BCUT2D eigenvalue weighted by atomic mass is 10.5. The molecule has 0 aromatic heterocycles. The van der Waals surface area contributed by atoms with Crippen LogP contribution in [-0.2, 0) is 28.4 Å². The predicted molar refractivity (Wildman–Crippen MR) is 49.5 cm³/mol. The maximum absolute atomic E-state index is 12.7. The van der Waals surface area contributed by atoms with Gasteiger partial charge in [0.15, 0.2) is 6.61 Å². The van der Waals surface area contributed by atoms with Gasteiger partial charge in [-0.2, -0.15) is 14.0 Å². The van der Waals surface area contributed by atoms with Gasteiger partial charge < -0.3 is 9.47 Å². The van der Waals surface area contributed by atoms with E-state index in [1.807, 2.05) is 0 Å². The van der Waals surface area contributed by atoms with Crippen LogP contribution in [0, 0.1) is 11.3 Å². The summed E-state index contributed by atoms with van der Waals surface area (Å²) in [6, 6.07) is 1.67. The highest BCUT2D eigenvalue weighted by atomic mass is 32.2. The summed E-state index contributed by atoms with van der Waals surface area (Å²) in [6.45, 7) is -1.28. The van der Waals surface area contributed by atoms with Crippen molar-refractivity contribution in [3.8, 4) is 6.07 Å². The van der Waals surface area contributed by atoms with E-state index in [4.69, 9.17) is 10.5 Å². The number of ether oxygens (including phenoxy) is 2. The Bertz CT molecular complexity index is 332. The Hall–Kier alpha value is -1.48. The zero-order valence-corrected chi connectivity index (χ0v) is 9.45. The van der Waals surface area contributed by atoms with Crippen LogP contribution in [0.15, 0.2) is 0 Å².